The first-order valence-corrected chi connectivity index (χ1v) is 29.0. The number of unbranched alkanes of at least 4 members (excludes halogenated alkanes) is 17. The first kappa shape index (κ1) is 67.5. The van der Waals surface area contributed by atoms with Gasteiger partial charge in [0.1, 0.15) is 6.61 Å². The standard InChI is InChI=1S/C67H106O5/c1-3-5-7-9-11-13-15-17-19-21-23-25-27-29-31-33-35-37-39-41-43-45-47-49-51-53-55-57-59-61-66(69)71-64-65(63-68)72-67(70)62-60-58-56-54-52-50-48-46-44-42-40-38-36-34-32-30-28-26-24-22-20-18-16-14-12-10-8-6-4-2/h5-8,11-14,17-20,23-26,29-32,36,38,42,44,48,50,65,68H,3-4,9-10,15-16,21-22,27-28,33-35,37,39-41,43,45-47,49,51-64H2,1-2H3/b7-5-,8-6-,13-11-,14-12-,19-17-,20-18-,25-23-,26-24-,31-29-,32-30-,38-36-,44-42-,50-48-. The molecule has 0 amide bonds. The fourth-order valence-corrected chi connectivity index (χ4v) is 7.54. The summed E-state index contributed by atoms with van der Waals surface area (Å²) in [4.78, 5) is 24.6. The molecule has 404 valence electrons. The van der Waals surface area contributed by atoms with Gasteiger partial charge < -0.3 is 14.6 Å². The van der Waals surface area contributed by atoms with E-state index in [1.165, 1.54) is 70.6 Å². The molecule has 0 heterocycles. The summed E-state index contributed by atoms with van der Waals surface area (Å²) in [5.74, 6) is -0.630. The zero-order chi connectivity index (χ0) is 52.0. The Morgan fingerprint density at radius 2 is 0.556 bits per heavy atom. The largest absolute Gasteiger partial charge is 0.462 e. The molecule has 0 aromatic rings. The number of hydrogen-bond acceptors (Lipinski definition) is 5. The molecule has 0 saturated carbocycles. The quantitative estimate of drug-likeness (QED) is 0.0373. The molecule has 0 fully saturated rings. The molecule has 5 heteroatoms. The summed E-state index contributed by atoms with van der Waals surface area (Å²) in [5.41, 5.74) is 0. The molecule has 0 aliphatic heterocycles. The maximum Gasteiger partial charge on any atom is 0.306 e. The highest BCUT2D eigenvalue weighted by Crippen LogP contribution is 2.15. The Morgan fingerprint density at radius 1 is 0.319 bits per heavy atom. The van der Waals surface area contributed by atoms with Gasteiger partial charge in [0, 0.05) is 12.8 Å². The van der Waals surface area contributed by atoms with Crippen LogP contribution in [-0.2, 0) is 19.1 Å². The van der Waals surface area contributed by atoms with Crippen LogP contribution in [0.15, 0.2) is 158 Å². The number of ether oxygens (including phenoxy) is 2. The van der Waals surface area contributed by atoms with Crippen LogP contribution in [0.1, 0.15) is 232 Å². The predicted molar refractivity (Wildman–Crippen MR) is 315 cm³/mol. The van der Waals surface area contributed by atoms with Gasteiger partial charge in [-0.15, -0.1) is 0 Å². The topological polar surface area (TPSA) is 72.8 Å². The van der Waals surface area contributed by atoms with E-state index >= 15 is 0 Å². The molecule has 72 heavy (non-hydrogen) atoms. The summed E-state index contributed by atoms with van der Waals surface area (Å²) < 4.78 is 10.7. The van der Waals surface area contributed by atoms with E-state index in [1.54, 1.807) is 0 Å². The lowest BCUT2D eigenvalue weighted by Gasteiger charge is -2.15. The third kappa shape index (κ3) is 58.1. The van der Waals surface area contributed by atoms with Crippen LogP contribution in [0.2, 0.25) is 0 Å². The van der Waals surface area contributed by atoms with E-state index in [4.69, 9.17) is 9.47 Å². The van der Waals surface area contributed by atoms with Crippen LogP contribution in [0.5, 0.6) is 0 Å². The highest BCUT2D eigenvalue weighted by Gasteiger charge is 2.16. The molecule has 0 bridgehead atoms. The summed E-state index contributed by atoms with van der Waals surface area (Å²) in [5, 5.41) is 9.66. The van der Waals surface area contributed by atoms with E-state index in [1.807, 2.05) is 0 Å². The number of aliphatic hydroxyl groups is 1. The predicted octanol–water partition coefficient (Wildman–Crippen LogP) is 20.0. The lowest BCUT2D eigenvalue weighted by atomic mass is 10.0. The van der Waals surface area contributed by atoms with Crippen molar-refractivity contribution < 1.29 is 24.2 Å². The van der Waals surface area contributed by atoms with Crippen molar-refractivity contribution in [2.45, 2.75) is 238 Å². The van der Waals surface area contributed by atoms with Gasteiger partial charge in [-0.2, -0.15) is 0 Å². The summed E-state index contributed by atoms with van der Waals surface area (Å²) >= 11 is 0. The minimum absolute atomic E-state index is 0.0871. The smallest absolute Gasteiger partial charge is 0.306 e. The van der Waals surface area contributed by atoms with Gasteiger partial charge in [-0.3, -0.25) is 9.59 Å². The second-order valence-corrected chi connectivity index (χ2v) is 18.6. The summed E-state index contributed by atoms with van der Waals surface area (Å²) in [6, 6.07) is 0. The first-order chi connectivity index (χ1) is 35.6. The average Bonchev–Trinajstić information content (AvgIpc) is 3.38. The highest BCUT2D eigenvalue weighted by molar-refractivity contribution is 5.70. The zero-order valence-corrected chi connectivity index (χ0v) is 46.1. The van der Waals surface area contributed by atoms with Crippen molar-refractivity contribution in [1.29, 1.82) is 0 Å². The van der Waals surface area contributed by atoms with E-state index in [-0.39, 0.29) is 25.2 Å². The molecule has 0 saturated heterocycles. The minimum Gasteiger partial charge on any atom is -0.462 e. The Balaban J connectivity index is 3.61. The van der Waals surface area contributed by atoms with Crippen molar-refractivity contribution in [3.8, 4) is 0 Å². The van der Waals surface area contributed by atoms with Crippen molar-refractivity contribution in [2.24, 2.45) is 0 Å². The molecule has 0 spiro atoms. The van der Waals surface area contributed by atoms with Crippen LogP contribution in [0.3, 0.4) is 0 Å². The van der Waals surface area contributed by atoms with Gasteiger partial charge >= 0.3 is 11.9 Å². The number of allylic oxidation sites excluding steroid dienone is 26. The van der Waals surface area contributed by atoms with Crippen LogP contribution in [0.4, 0.5) is 0 Å². The van der Waals surface area contributed by atoms with Gasteiger partial charge in [0.25, 0.3) is 0 Å². The molecule has 0 aliphatic carbocycles. The minimum atomic E-state index is -0.800. The van der Waals surface area contributed by atoms with Crippen molar-refractivity contribution in [1.82, 2.24) is 0 Å². The van der Waals surface area contributed by atoms with Crippen LogP contribution in [0, 0.1) is 0 Å². The number of hydrogen-bond donors (Lipinski definition) is 1. The molecule has 0 rings (SSSR count). The van der Waals surface area contributed by atoms with Gasteiger partial charge in [-0.05, 0) is 122 Å². The fourth-order valence-electron chi connectivity index (χ4n) is 7.54. The molecule has 1 unspecified atom stereocenters. The van der Waals surface area contributed by atoms with E-state index in [2.05, 4.69) is 172 Å². The SMILES string of the molecule is CC/C=C\C/C=C\C/C=C\C/C=C\C/C=C\C/C=C\C/C=C\C/C=C\CCCCCCC(=O)OC(CO)COC(=O)CCCCCCCCCCCCCCC/C=C\C/C=C\C/C=C\C/C=C\C/C=C\CC. The summed E-state index contributed by atoms with van der Waals surface area (Å²) in [6.45, 7) is 3.89. The molecule has 1 atom stereocenters. The number of carbonyl (C=O) groups is 2. The lowest BCUT2D eigenvalue weighted by molar-refractivity contribution is -0.161. The van der Waals surface area contributed by atoms with Gasteiger partial charge in [-0.1, -0.05) is 255 Å². The second-order valence-electron chi connectivity index (χ2n) is 18.6. The molecule has 0 aliphatic rings. The maximum absolute atomic E-state index is 12.3. The molecular formula is C67H106O5. The maximum atomic E-state index is 12.3. The van der Waals surface area contributed by atoms with Gasteiger partial charge in [0.15, 0.2) is 6.10 Å². The molecule has 1 N–H and O–H groups in total. The van der Waals surface area contributed by atoms with Crippen molar-refractivity contribution in [3.63, 3.8) is 0 Å². The molecule has 0 aromatic carbocycles. The first-order valence-electron chi connectivity index (χ1n) is 29.0. The van der Waals surface area contributed by atoms with Gasteiger partial charge in [-0.25, -0.2) is 0 Å². The number of aliphatic hydroxyl groups excluding tert-OH is 1. The highest BCUT2D eigenvalue weighted by atomic mass is 16.6. The monoisotopic (exact) mass is 991 g/mol. The van der Waals surface area contributed by atoms with Crippen LogP contribution in [-0.4, -0.2) is 36.4 Å². The van der Waals surface area contributed by atoms with E-state index in [0.29, 0.717) is 12.8 Å². The number of esters is 2. The van der Waals surface area contributed by atoms with Crippen LogP contribution < -0.4 is 0 Å². The Labute approximate surface area is 443 Å². The third-order valence-electron chi connectivity index (χ3n) is 11.8. The Hall–Kier alpha value is -4.48. The molecule has 0 radical (unpaired) electrons. The molecular weight excluding hydrogens is 885 g/mol. The number of carbonyl (C=O) groups excluding carboxylic acids is 2. The third-order valence-corrected chi connectivity index (χ3v) is 11.8. The fraction of sp³-hybridized carbons (Fsp3) is 0.582. The lowest BCUT2D eigenvalue weighted by Crippen LogP contribution is -2.28. The van der Waals surface area contributed by atoms with Crippen LogP contribution >= 0.6 is 0 Å². The number of rotatable bonds is 51. The van der Waals surface area contributed by atoms with Crippen molar-refractivity contribution in [3.05, 3.63) is 158 Å². The molecule has 5 nitrogen and oxygen atoms in total. The van der Waals surface area contributed by atoms with Gasteiger partial charge in [0.2, 0.25) is 0 Å². The summed E-state index contributed by atoms with van der Waals surface area (Å²) in [6.07, 6.45) is 93.5. The Bertz CT molecular complexity index is 1590. The van der Waals surface area contributed by atoms with E-state index in [9.17, 15) is 14.7 Å². The zero-order valence-electron chi connectivity index (χ0n) is 46.1. The normalized spacial score (nSPS) is 13.4. The van der Waals surface area contributed by atoms with E-state index < -0.39 is 6.10 Å². The Kier molecular flexibility index (Phi) is 57.0. The van der Waals surface area contributed by atoms with Crippen molar-refractivity contribution >= 4 is 11.9 Å². The molecule has 0 aromatic heterocycles. The Morgan fingerprint density at radius 3 is 0.833 bits per heavy atom. The summed E-state index contributed by atoms with van der Waals surface area (Å²) in [7, 11) is 0. The van der Waals surface area contributed by atoms with Crippen LogP contribution in [0.25, 0.3) is 0 Å². The second kappa shape index (κ2) is 60.8. The van der Waals surface area contributed by atoms with E-state index in [0.717, 1.165) is 135 Å². The van der Waals surface area contributed by atoms with Gasteiger partial charge in [0.05, 0.1) is 6.61 Å². The van der Waals surface area contributed by atoms with Crippen molar-refractivity contribution in [2.75, 3.05) is 13.2 Å². The average molecular weight is 992 g/mol.